The number of likely N-dealkylation sites (tertiary alicyclic amines) is 1. The molecule has 2 aliphatic heterocycles. The molecule has 0 aliphatic carbocycles. The fourth-order valence-electron chi connectivity index (χ4n) is 4.03. The third-order valence-electron chi connectivity index (χ3n) is 5.62. The summed E-state index contributed by atoms with van der Waals surface area (Å²) in [5.41, 5.74) is 2.32. The summed E-state index contributed by atoms with van der Waals surface area (Å²) in [6.45, 7) is 14.0. The minimum atomic E-state index is 0.152. The highest BCUT2D eigenvalue weighted by Gasteiger charge is 2.22. The van der Waals surface area contributed by atoms with E-state index in [0.29, 0.717) is 19.1 Å². The highest BCUT2D eigenvalue weighted by Crippen LogP contribution is 2.24. The fourth-order valence-corrected chi connectivity index (χ4v) is 4.03. The van der Waals surface area contributed by atoms with Crippen LogP contribution >= 0.6 is 0 Å². The summed E-state index contributed by atoms with van der Waals surface area (Å²) in [7, 11) is 0. The average Bonchev–Trinajstić information content (AvgIpc) is 3.38. The molecular formula is C23H38N4O2. The van der Waals surface area contributed by atoms with Gasteiger partial charge in [-0.15, -0.1) is 0 Å². The molecule has 0 saturated carbocycles. The second-order valence-corrected chi connectivity index (χ2v) is 8.25. The maximum absolute atomic E-state index is 6.21. The number of rotatable bonds is 9. The number of benzene rings is 1. The maximum Gasteiger partial charge on any atom is 0.191 e. The van der Waals surface area contributed by atoms with Crippen LogP contribution in [0.2, 0.25) is 0 Å². The Kier molecular flexibility index (Phi) is 8.62. The summed E-state index contributed by atoms with van der Waals surface area (Å²) < 4.78 is 11.7. The van der Waals surface area contributed by atoms with Crippen molar-refractivity contribution in [1.82, 2.24) is 15.5 Å². The van der Waals surface area contributed by atoms with Crippen molar-refractivity contribution in [2.24, 2.45) is 10.9 Å². The molecule has 162 valence electrons. The van der Waals surface area contributed by atoms with Gasteiger partial charge in [0.2, 0.25) is 0 Å². The van der Waals surface area contributed by atoms with Gasteiger partial charge in [-0.3, -0.25) is 0 Å². The Morgan fingerprint density at radius 2 is 2.17 bits per heavy atom. The Hall–Kier alpha value is -1.79. The van der Waals surface area contributed by atoms with E-state index in [4.69, 9.17) is 14.5 Å². The fraction of sp³-hybridized carbons (Fsp3) is 0.696. The lowest BCUT2D eigenvalue weighted by atomic mass is 10.1. The monoisotopic (exact) mass is 402 g/mol. The molecule has 2 N–H and O–H groups in total. The van der Waals surface area contributed by atoms with Gasteiger partial charge in [0, 0.05) is 31.6 Å². The number of hydrogen-bond donors (Lipinski definition) is 2. The lowest BCUT2D eigenvalue weighted by molar-refractivity contribution is 0.140. The van der Waals surface area contributed by atoms with Gasteiger partial charge in [0.1, 0.15) is 11.9 Å². The molecule has 6 heteroatoms. The van der Waals surface area contributed by atoms with Gasteiger partial charge in [-0.25, -0.2) is 4.99 Å². The Balaban J connectivity index is 1.58. The summed E-state index contributed by atoms with van der Waals surface area (Å²) in [5.74, 6) is 2.52. The van der Waals surface area contributed by atoms with Gasteiger partial charge in [0.05, 0.1) is 19.8 Å². The van der Waals surface area contributed by atoms with Crippen LogP contribution in [0.3, 0.4) is 0 Å². The van der Waals surface area contributed by atoms with E-state index in [-0.39, 0.29) is 6.10 Å². The first kappa shape index (κ1) is 21.9. The van der Waals surface area contributed by atoms with E-state index in [9.17, 15) is 0 Å². The molecule has 0 spiro atoms. The molecule has 2 fully saturated rings. The first-order valence-corrected chi connectivity index (χ1v) is 11.3. The normalized spacial score (nSPS) is 22.8. The van der Waals surface area contributed by atoms with Crippen LogP contribution in [0, 0.1) is 12.8 Å². The minimum Gasteiger partial charge on any atom is -0.488 e. The Bertz CT molecular complexity index is 658. The van der Waals surface area contributed by atoms with Gasteiger partial charge < -0.3 is 25.0 Å². The van der Waals surface area contributed by atoms with E-state index in [1.54, 1.807) is 0 Å². The predicted molar refractivity (Wildman–Crippen MR) is 119 cm³/mol. The molecule has 0 bridgehead atoms. The molecule has 3 rings (SSSR count). The summed E-state index contributed by atoms with van der Waals surface area (Å²) in [6.07, 6.45) is 3.61. The van der Waals surface area contributed by atoms with Crippen molar-refractivity contribution in [1.29, 1.82) is 0 Å². The van der Waals surface area contributed by atoms with Crippen molar-refractivity contribution in [3.05, 3.63) is 29.3 Å². The third-order valence-corrected chi connectivity index (χ3v) is 5.62. The summed E-state index contributed by atoms with van der Waals surface area (Å²) in [5, 5.41) is 6.93. The van der Waals surface area contributed by atoms with Gasteiger partial charge in [-0.2, -0.15) is 0 Å². The van der Waals surface area contributed by atoms with Crippen LogP contribution < -0.4 is 15.4 Å². The second kappa shape index (κ2) is 11.4. The second-order valence-electron chi connectivity index (χ2n) is 8.25. The van der Waals surface area contributed by atoms with Gasteiger partial charge in [0.15, 0.2) is 5.96 Å². The lowest BCUT2D eigenvalue weighted by Crippen LogP contribution is -2.40. The molecule has 0 amide bonds. The zero-order valence-corrected chi connectivity index (χ0v) is 18.4. The predicted octanol–water partition coefficient (Wildman–Crippen LogP) is 2.95. The van der Waals surface area contributed by atoms with E-state index in [2.05, 4.69) is 54.5 Å². The highest BCUT2D eigenvalue weighted by molar-refractivity contribution is 5.79. The van der Waals surface area contributed by atoms with Crippen LogP contribution in [0.5, 0.6) is 5.75 Å². The Morgan fingerprint density at radius 1 is 1.28 bits per heavy atom. The number of nitrogens with zero attached hydrogens (tertiary/aromatic N) is 2. The van der Waals surface area contributed by atoms with E-state index >= 15 is 0 Å². The van der Waals surface area contributed by atoms with Crippen LogP contribution in [0.15, 0.2) is 23.2 Å². The van der Waals surface area contributed by atoms with Crippen LogP contribution in [-0.4, -0.2) is 62.9 Å². The molecule has 2 saturated heterocycles. The van der Waals surface area contributed by atoms with Crippen molar-refractivity contribution in [3.8, 4) is 5.75 Å². The van der Waals surface area contributed by atoms with E-state index in [0.717, 1.165) is 43.4 Å². The van der Waals surface area contributed by atoms with Crippen molar-refractivity contribution in [2.75, 3.05) is 45.9 Å². The number of hydrogen-bond acceptors (Lipinski definition) is 4. The molecule has 29 heavy (non-hydrogen) atoms. The summed E-state index contributed by atoms with van der Waals surface area (Å²) >= 11 is 0. The lowest BCUT2D eigenvalue weighted by Gasteiger charge is -2.18. The minimum absolute atomic E-state index is 0.152. The van der Waals surface area contributed by atoms with E-state index in [1.165, 1.54) is 38.0 Å². The molecular weight excluding hydrogens is 364 g/mol. The first-order valence-electron chi connectivity index (χ1n) is 11.3. The number of nitrogens with one attached hydrogen (secondary N) is 2. The third kappa shape index (κ3) is 6.89. The van der Waals surface area contributed by atoms with Gasteiger partial charge in [-0.05, 0) is 57.3 Å². The molecule has 6 nitrogen and oxygen atoms in total. The maximum atomic E-state index is 6.21. The van der Waals surface area contributed by atoms with Crippen molar-refractivity contribution in [3.63, 3.8) is 0 Å². The van der Waals surface area contributed by atoms with Crippen LogP contribution in [0.25, 0.3) is 0 Å². The van der Waals surface area contributed by atoms with Crippen LogP contribution in [-0.2, 0) is 11.3 Å². The van der Waals surface area contributed by atoms with Crippen molar-refractivity contribution < 1.29 is 9.47 Å². The zero-order valence-electron chi connectivity index (χ0n) is 18.4. The molecule has 0 aromatic heterocycles. The van der Waals surface area contributed by atoms with Crippen molar-refractivity contribution in [2.45, 2.75) is 52.7 Å². The summed E-state index contributed by atoms with van der Waals surface area (Å²) in [4.78, 5) is 7.40. The Morgan fingerprint density at radius 3 is 2.93 bits per heavy atom. The van der Waals surface area contributed by atoms with E-state index < -0.39 is 0 Å². The standard InChI is InChI=1S/C23H38N4O2/c1-4-10-27-11-8-19(16-27)14-25-23(24-5-2)26-15-20-7-6-18(3)13-22(20)29-21-9-12-28-17-21/h6-7,13,19,21H,4-5,8-12,14-17H2,1-3H3,(H2,24,25,26). The molecule has 2 heterocycles. The average molecular weight is 403 g/mol. The highest BCUT2D eigenvalue weighted by atomic mass is 16.5. The van der Waals surface area contributed by atoms with Gasteiger partial charge in [-0.1, -0.05) is 19.1 Å². The van der Waals surface area contributed by atoms with Crippen molar-refractivity contribution >= 4 is 5.96 Å². The van der Waals surface area contributed by atoms with Gasteiger partial charge in [0.25, 0.3) is 0 Å². The quantitative estimate of drug-likeness (QED) is 0.491. The SMILES string of the molecule is CCCN1CCC(CNC(=NCc2ccc(C)cc2OC2CCOC2)NCC)C1. The Labute approximate surface area is 176 Å². The topological polar surface area (TPSA) is 58.1 Å². The summed E-state index contributed by atoms with van der Waals surface area (Å²) in [6, 6.07) is 6.38. The van der Waals surface area contributed by atoms with Crippen LogP contribution in [0.4, 0.5) is 0 Å². The zero-order chi connectivity index (χ0) is 20.5. The number of ether oxygens (including phenoxy) is 2. The molecule has 1 aromatic rings. The molecule has 2 aliphatic rings. The number of aryl methyl sites for hydroxylation is 1. The van der Waals surface area contributed by atoms with E-state index in [1.807, 2.05) is 0 Å². The largest absolute Gasteiger partial charge is 0.488 e. The van der Waals surface area contributed by atoms with Gasteiger partial charge >= 0.3 is 0 Å². The van der Waals surface area contributed by atoms with Crippen LogP contribution in [0.1, 0.15) is 44.2 Å². The molecule has 2 atom stereocenters. The number of guanidine groups is 1. The number of aliphatic imine (C=N–C) groups is 1. The molecule has 0 radical (unpaired) electrons. The molecule has 2 unspecified atom stereocenters. The first-order chi connectivity index (χ1) is 14.2. The smallest absolute Gasteiger partial charge is 0.191 e. The molecule has 1 aromatic carbocycles.